The summed E-state index contributed by atoms with van der Waals surface area (Å²) in [6, 6.07) is 6.62. The molecule has 2 N–H and O–H groups in total. The van der Waals surface area contributed by atoms with Crippen molar-refractivity contribution in [2.75, 3.05) is 0 Å². The summed E-state index contributed by atoms with van der Waals surface area (Å²) in [5.41, 5.74) is 8.43. The second-order valence-electron chi connectivity index (χ2n) is 4.00. The lowest BCUT2D eigenvalue weighted by Gasteiger charge is -1.98. The molecule has 0 unspecified atom stereocenters. The quantitative estimate of drug-likeness (QED) is 0.796. The van der Waals surface area contributed by atoms with E-state index in [0.717, 1.165) is 5.92 Å². The number of hydrogen-bond donors (Lipinski definition) is 1. The van der Waals surface area contributed by atoms with Gasteiger partial charge in [0.05, 0.1) is 0 Å². The zero-order chi connectivity index (χ0) is 9.54. The van der Waals surface area contributed by atoms with Gasteiger partial charge in [0.1, 0.15) is 0 Å². The van der Waals surface area contributed by atoms with E-state index in [-0.39, 0.29) is 0 Å². The Bertz CT molecular complexity index is 468. The van der Waals surface area contributed by atoms with Crippen molar-refractivity contribution < 1.29 is 0 Å². The van der Waals surface area contributed by atoms with Crippen molar-refractivity contribution in [2.45, 2.75) is 25.3 Å². The van der Waals surface area contributed by atoms with Crippen LogP contribution in [0.4, 0.5) is 0 Å². The Morgan fingerprint density at radius 3 is 2.93 bits per heavy atom. The number of hydrogen-bond acceptors (Lipinski definition) is 2. The van der Waals surface area contributed by atoms with Gasteiger partial charge in [0, 0.05) is 11.2 Å². The number of thiophene rings is 1. The van der Waals surface area contributed by atoms with Crippen LogP contribution in [-0.4, -0.2) is 0 Å². The van der Waals surface area contributed by atoms with E-state index in [4.69, 9.17) is 5.73 Å². The van der Waals surface area contributed by atoms with Crippen molar-refractivity contribution >= 4 is 21.4 Å². The van der Waals surface area contributed by atoms with Crippen LogP contribution in [-0.2, 0) is 6.54 Å². The molecule has 3 rings (SSSR count). The molecule has 1 aliphatic rings. The molecule has 2 heteroatoms. The van der Waals surface area contributed by atoms with Gasteiger partial charge in [-0.2, -0.15) is 0 Å². The van der Waals surface area contributed by atoms with Gasteiger partial charge in [-0.05, 0) is 46.7 Å². The van der Waals surface area contributed by atoms with Crippen LogP contribution in [0.2, 0.25) is 0 Å². The Morgan fingerprint density at radius 1 is 1.36 bits per heavy atom. The van der Waals surface area contributed by atoms with Crippen LogP contribution in [0.1, 0.15) is 29.9 Å². The maximum Gasteiger partial charge on any atom is 0.0348 e. The topological polar surface area (TPSA) is 26.0 Å². The Morgan fingerprint density at radius 2 is 2.21 bits per heavy atom. The molecule has 14 heavy (non-hydrogen) atoms. The summed E-state index contributed by atoms with van der Waals surface area (Å²) in [7, 11) is 0. The van der Waals surface area contributed by atoms with Crippen LogP contribution in [0.15, 0.2) is 23.6 Å². The molecule has 1 fully saturated rings. The minimum Gasteiger partial charge on any atom is -0.326 e. The normalized spacial score (nSPS) is 16.4. The summed E-state index contributed by atoms with van der Waals surface area (Å²) < 4.78 is 1.40. The van der Waals surface area contributed by atoms with E-state index in [0.29, 0.717) is 6.54 Å². The van der Waals surface area contributed by atoms with Crippen LogP contribution in [0.3, 0.4) is 0 Å². The fraction of sp³-hybridized carbons (Fsp3) is 0.333. The first-order chi connectivity index (χ1) is 6.88. The molecule has 1 aliphatic carbocycles. The third-order valence-corrected chi connectivity index (χ3v) is 3.89. The Hall–Kier alpha value is -0.860. The van der Waals surface area contributed by atoms with Gasteiger partial charge in [-0.1, -0.05) is 12.1 Å². The number of fused-ring (bicyclic) bond motifs is 1. The van der Waals surface area contributed by atoms with Gasteiger partial charge < -0.3 is 5.73 Å². The molecule has 0 radical (unpaired) electrons. The number of benzene rings is 1. The number of nitrogens with two attached hydrogens (primary N) is 1. The molecule has 1 saturated carbocycles. The minimum absolute atomic E-state index is 0.645. The third-order valence-electron chi connectivity index (χ3n) is 2.92. The monoisotopic (exact) mass is 203 g/mol. The molecular weight excluding hydrogens is 190 g/mol. The largest absolute Gasteiger partial charge is 0.326 e. The van der Waals surface area contributed by atoms with Gasteiger partial charge in [0.15, 0.2) is 0 Å². The van der Waals surface area contributed by atoms with E-state index in [1.807, 2.05) is 11.3 Å². The van der Waals surface area contributed by atoms with Gasteiger partial charge in [0.25, 0.3) is 0 Å². The zero-order valence-electron chi connectivity index (χ0n) is 7.99. The van der Waals surface area contributed by atoms with Crippen molar-refractivity contribution in [3.05, 3.63) is 34.7 Å². The highest BCUT2D eigenvalue weighted by Crippen LogP contribution is 2.45. The first-order valence-corrected chi connectivity index (χ1v) is 5.96. The van der Waals surface area contributed by atoms with Crippen molar-refractivity contribution in [3.8, 4) is 0 Å². The number of rotatable bonds is 2. The van der Waals surface area contributed by atoms with Crippen LogP contribution in [0.5, 0.6) is 0 Å². The van der Waals surface area contributed by atoms with Gasteiger partial charge in [-0.3, -0.25) is 0 Å². The molecular formula is C12H13NS. The van der Waals surface area contributed by atoms with Gasteiger partial charge in [-0.15, -0.1) is 11.3 Å². The Balaban J connectivity index is 2.17. The molecule has 0 aliphatic heterocycles. The Labute approximate surface area is 87.5 Å². The van der Waals surface area contributed by atoms with E-state index < -0.39 is 0 Å². The predicted molar refractivity (Wildman–Crippen MR) is 61.7 cm³/mol. The van der Waals surface area contributed by atoms with Crippen LogP contribution < -0.4 is 5.73 Å². The average Bonchev–Trinajstić information content (AvgIpc) is 2.98. The molecule has 0 amide bonds. The molecule has 1 heterocycles. The fourth-order valence-corrected chi connectivity index (χ4v) is 3.04. The lowest BCUT2D eigenvalue weighted by molar-refractivity contribution is 1.08. The highest BCUT2D eigenvalue weighted by molar-refractivity contribution is 7.17. The second-order valence-corrected chi connectivity index (χ2v) is 4.91. The van der Waals surface area contributed by atoms with E-state index in [1.165, 1.54) is 28.5 Å². The second kappa shape index (κ2) is 3.07. The van der Waals surface area contributed by atoms with Crippen molar-refractivity contribution in [3.63, 3.8) is 0 Å². The molecule has 72 valence electrons. The van der Waals surface area contributed by atoms with Crippen molar-refractivity contribution in [1.82, 2.24) is 0 Å². The van der Waals surface area contributed by atoms with Crippen LogP contribution >= 0.6 is 11.3 Å². The molecule has 0 saturated heterocycles. The van der Waals surface area contributed by atoms with E-state index in [1.54, 1.807) is 5.56 Å². The van der Waals surface area contributed by atoms with Gasteiger partial charge >= 0.3 is 0 Å². The molecule has 1 nitrogen and oxygen atoms in total. The van der Waals surface area contributed by atoms with Crippen LogP contribution in [0, 0.1) is 0 Å². The predicted octanol–water partition coefficient (Wildman–Crippen LogP) is 3.24. The molecule has 2 aromatic rings. The Kier molecular flexibility index (Phi) is 1.85. The molecule has 0 spiro atoms. The smallest absolute Gasteiger partial charge is 0.0348 e. The highest BCUT2D eigenvalue weighted by atomic mass is 32.1. The first-order valence-electron chi connectivity index (χ1n) is 5.08. The fourth-order valence-electron chi connectivity index (χ4n) is 1.93. The molecule has 1 aromatic heterocycles. The zero-order valence-corrected chi connectivity index (χ0v) is 8.81. The summed E-state index contributed by atoms with van der Waals surface area (Å²) in [5, 5.41) is 3.78. The molecule has 0 bridgehead atoms. The van der Waals surface area contributed by atoms with Gasteiger partial charge in [-0.25, -0.2) is 0 Å². The average molecular weight is 203 g/mol. The maximum absolute atomic E-state index is 5.62. The van der Waals surface area contributed by atoms with Gasteiger partial charge in [0.2, 0.25) is 0 Å². The minimum atomic E-state index is 0.645. The third kappa shape index (κ3) is 1.26. The summed E-state index contributed by atoms with van der Waals surface area (Å²) in [6.45, 7) is 0.645. The standard InChI is InChI=1S/C12H13NS/c13-6-8-1-4-10-11(9-2-3-9)7-14-12(10)5-8/h1,4-5,7,9H,2-3,6,13H2. The maximum atomic E-state index is 5.62. The molecule has 1 aromatic carbocycles. The summed E-state index contributed by atoms with van der Waals surface area (Å²) >= 11 is 1.86. The first kappa shape index (κ1) is 8.45. The van der Waals surface area contributed by atoms with Crippen molar-refractivity contribution in [2.24, 2.45) is 5.73 Å². The van der Waals surface area contributed by atoms with E-state index in [9.17, 15) is 0 Å². The van der Waals surface area contributed by atoms with Crippen molar-refractivity contribution in [1.29, 1.82) is 0 Å². The van der Waals surface area contributed by atoms with E-state index >= 15 is 0 Å². The van der Waals surface area contributed by atoms with Crippen LogP contribution in [0.25, 0.3) is 10.1 Å². The summed E-state index contributed by atoms with van der Waals surface area (Å²) in [6.07, 6.45) is 2.76. The lowest BCUT2D eigenvalue weighted by atomic mass is 10.1. The van der Waals surface area contributed by atoms with E-state index in [2.05, 4.69) is 23.6 Å². The summed E-state index contributed by atoms with van der Waals surface area (Å²) in [5.74, 6) is 0.854. The highest BCUT2D eigenvalue weighted by Gasteiger charge is 2.25. The molecule has 0 atom stereocenters. The lowest BCUT2D eigenvalue weighted by Crippen LogP contribution is -1.94. The summed E-state index contributed by atoms with van der Waals surface area (Å²) in [4.78, 5) is 0. The SMILES string of the molecule is NCc1ccc2c(C3CC3)csc2c1.